The van der Waals surface area contributed by atoms with Crippen molar-refractivity contribution in [1.82, 2.24) is 15.0 Å². The van der Waals surface area contributed by atoms with E-state index in [1.54, 1.807) is 0 Å². The van der Waals surface area contributed by atoms with E-state index in [1.807, 2.05) is 0 Å². The van der Waals surface area contributed by atoms with Crippen molar-refractivity contribution in [3.63, 3.8) is 0 Å². The molecule has 9 heteroatoms. The first-order chi connectivity index (χ1) is 10.5. The van der Waals surface area contributed by atoms with Crippen LogP contribution in [0.5, 0.6) is 0 Å². The third-order valence-corrected chi connectivity index (χ3v) is 2.84. The molecule has 0 fully saturated rings. The van der Waals surface area contributed by atoms with E-state index < -0.39 is 11.9 Å². The van der Waals surface area contributed by atoms with Crippen LogP contribution in [-0.2, 0) is 11.3 Å². The molecule has 22 heavy (non-hydrogen) atoms. The quantitative estimate of drug-likeness (QED) is 0.742. The van der Waals surface area contributed by atoms with Gasteiger partial charge < -0.3 is 14.9 Å². The standard InChI is InChI=1S/C13H11N3O6/c1-22-6-11-10(5-17)14-15-16(11)9-3-7(12(18)19)2-8(4-9)13(20)21/h2-5H,6H2,1H3,(H,18,19)(H,20,21). The number of rotatable bonds is 6. The summed E-state index contributed by atoms with van der Waals surface area (Å²) in [6.45, 7) is 0.000771. The van der Waals surface area contributed by atoms with Gasteiger partial charge in [-0.2, -0.15) is 0 Å². The fourth-order valence-electron chi connectivity index (χ4n) is 1.86. The maximum Gasteiger partial charge on any atom is 0.335 e. The van der Waals surface area contributed by atoms with Gasteiger partial charge in [0.15, 0.2) is 12.0 Å². The van der Waals surface area contributed by atoms with E-state index in [1.165, 1.54) is 23.9 Å². The van der Waals surface area contributed by atoms with Crippen molar-refractivity contribution in [2.75, 3.05) is 7.11 Å². The van der Waals surface area contributed by atoms with Crippen molar-refractivity contribution < 1.29 is 29.3 Å². The molecular weight excluding hydrogens is 294 g/mol. The summed E-state index contributed by atoms with van der Waals surface area (Å²) in [6.07, 6.45) is 0.483. The Morgan fingerprint density at radius 3 is 2.27 bits per heavy atom. The average molecular weight is 305 g/mol. The maximum absolute atomic E-state index is 11.1. The molecule has 0 radical (unpaired) electrons. The predicted molar refractivity (Wildman–Crippen MR) is 71.4 cm³/mol. The molecule has 114 valence electrons. The van der Waals surface area contributed by atoms with Crippen molar-refractivity contribution in [3.8, 4) is 5.69 Å². The smallest absolute Gasteiger partial charge is 0.335 e. The molecule has 0 aliphatic heterocycles. The number of aldehydes is 1. The van der Waals surface area contributed by atoms with E-state index >= 15 is 0 Å². The SMILES string of the molecule is COCc1c(C=O)nnn1-c1cc(C(=O)O)cc(C(=O)O)c1. The van der Waals surface area contributed by atoms with Crippen LogP contribution in [0, 0.1) is 0 Å². The maximum atomic E-state index is 11.1. The van der Waals surface area contributed by atoms with Gasteiger partial charge in [0.05, 0.1) is 23.4 Å². The minimum Gasteiger partial charge on any atom is -0.478 e. The molecule has 1 aromatic carbocycles. The summed E-state index contributed by atoms with van der Waals surface area (Å²) in [6, 6.07) is 3.50. The second-order valence-corrected chi connectivity index (χ2v) is 4.26. The molecule has 9 nitrogen and oxygen atoms in total. The van der Waals surface area contributed by atoms with Gasteiger partial charge in [-0.05, 0) is 18.2 Å². The predicted octanol–water partition coefficient (Wildman–Crippen LogP) is 0.623. The molecule has 0 atom stereocenters. The number of methoxy groups -OCH3 is 1. The Morgan fingerprint density at radius 1 is 1.23 bits per heavy atom. The number of nitrogens with zero attached hydrogens (tertiary/aromatic N) is 3. The van der Waals surface area contributed by atoms with Gasteiger partial charge in [0.1, 0.15) is 5.69 Å². The van der Waals surface area contributed by atoms with Gasteiger partial charge in [0.2, 0.25) is 0 Å². The topological polar surface area (TPSA) is 132 Å². The number of carboxylic acid groups (broad SMARTS) is 2. The zero-order valence-corrected chi connectivity index (χ0v) is 11.4. The highest BCUT2D eigenvalue weighted by Gasteiger charge is 2.17. The summed E-state index contributed by atoms with van der Waals surface area (Å²) in [4.78, 5) is 33.2. The van der Waals surface area contributed by atoms with Crippen LogP contribution in [0.15, 0.2) is 18.2 Å². The van der Waals surface area contributed by atoms with Crippen LogP contribution in [0.3, 0.4) is 0 Å². The average Bonchev–Trinajstić information content (AvgIpc) is 2.90. The van der Waals surface area contributed by atoms with Crippen molar-refractivity contribution in [2.24, 2.45) is 0 Å². The van der Waals surface area contributed by atoms with E-state index in [0.717, 1.165) is 6.07 Å². The van der Waals surface area contributed by atoms with Crippen molar-refractivity contribution >= 4 is 18.2 Å². The molecule has 2 aromatic rings. The van der Waals surface area contributed by atoms with E-state index in [9.17, 15) is 14.4 Å². The summed E-state index contributed by atoms with van der Waals surface area (Å²) >= 11 is 0. The molecule has 1 aromatic heterocycles. The Bertz CT molecular complexity index is 720. The number of carboxylic acids is 2. The normalized spacial score (nSPS) is 10.4. The Balaban J connectivity index is 2.66. The van der Waals surface area contributed by atoms with Crippen molar-refractivity contribution in [1.29, 1.82) is 0 Å². The number of aromatic carboxylic acids is 2. The lowest BCUT2D eigenvalue weighted by atomic mass is 10.1. The molecule has 1 heterocycles. The first kappa shape index (κ1) is 15.3. The molecule has 0 saturated carbocycles. The van der Waals surface area contributed by atoms with Crippen LogP contribution in [0.2, 0.25) is 0 Å². The minimum absolute atomic E-state index is 0.000771. The van der Waals surface area contributed by atoms with Gasteiger partial charge in [-0.1, -0.05) is 5.21 Å². The number of ether oxygens (including phenoxy) is 1. The summed E-state index contributed by atoms with van der Waals surface area (Å²) in [5.74, 6) is -2.57. The number of carbonyl (C=O) groups is 3. The van der Waals surface area contributed by atoms with Gasteiger partial charge in [0.25, 0.3) is 0 Å². The Hall–Kier alpha value is -3.07. The Kier molecular flexibility index (Phi) is 4.28. The highest BCUT2D eigenvalue weighted by atomic mass is 16.5. The lowest BCUT2D eigenvalue weighted by molar-refractivity contribution is 0.0696. The van der Waals surface area contributed by atoms with Crippen LogP contribution in [0.4, 0.5) is 0 Å². The largest absolute Gasteiger partial charge is 0.478 e. The number of carbonyl (C=O) groups excluding carboxylic acids is 1. The van der Waals surface area contributed by atoms with Crippen LogP contribution in [0.1, 0.15) is 36.9 Å². The summed E-state index contributed by atoms with van der Waals surface area (Å²) in [5.41, 5.74) is 0.0311. The number of hydrogen-bond donors (Lipinski definition) is 2. The Morgan fingerprint density at radius 2 is 1.82 bits per heavy atom. The van der Waals surface area contributed by atoms with Crippen LogP contribution < -0.4 is 0 Å². The van der Waals surface area contributed by atoms with Gasteiger partial charge in [-0.3, -0.25) is 4.79 Å². The molecule has 0 saturated heterocycles. The fourth-order valence-corrected chi connectivity index (χ4v) is 1.86. The van der Waals surface area contributed by atoms with Gasteiger partial charge >= 0.3 is 11.9 Å². The van der Waals surface area contributed by atoms with E-state index in [2.05, 4.69) is 10.3 Å². The molecule has 0 amide bonds. The van der Waals surface area contributed by atoms with Gasteiger partial charge in [-0.15, -0.1) is 5.10 Å². The Labute approximate surface area is 123 Å². The highest BCUT2D eigenvalue weighted by molar-refractivity contribution is 5.94. The van der Waals surface area contributed by atoms with Crippen LogP contribution in [0.25, 0.3) is 5.69 Å². The van der Waals surface area contributed by atoms with Gasteiger partial charge in [-0.25, -0.2) is 14.3 Å². The molecular formula is C13H11N3O6. The molecule has 0 spiro atoms. The molecule has 0 bridgehead atoms. The first-order valence-corrected chi connectivity index (χ1v) is 5.98. The van der Waals surface area contributed by atoms with Gasteiger partial charge in [0, 0.05) is 7.11 Å². The molecule has 2 rings (SSSR count). The zero-order chi connectivity index (χ0) is 16.3. The highest BCUT2D eigenvalue weighted by Crippen LogP contribution is 2.18. The minimum atomic E-state index is -1.28. The van der Waals surface area contributed by atoms with Crippen LogP contribution >= 0.6 is 0 Å². The van der Waals surface area contributed by atoms with E-state index in [-0.39, 0.29) is 34.8 Å². The summed E-state index contributed by atoms with van der Waals surface area (Å²) in [7, 11) is 1.41. The molecule has 0 aliphatic rings. The molecule has 0 unspecified atom stereocenters. The van der Waals surface area contributed by atoms with E-state index in [4.69, 9.17) is 14.9 Å². The molecule has 0 aliphatic carbocycles. The summed E-state index contributed by atoms with van der Waals surface area (Å²) < 4.78 is 6.13. The van der Waals surface area contributed by atoms with Crippen molar-refractivity contribution in [2.45, 2.75) is 6.61 Å². The number of hydrogen-bond acceptors (Lipinski definition) is 6. The lowest BCUT2D eigenvalue weighted by Gasteiger charge is -2.08. The number of aromatic nitrogens is 3. The lowest BCUT2D eigenvalue weighted by Crippen LogP contribution is -2.09. The summed E-state index contributed by atoms with van der Waals surface area (Å²) in [5, 5.41) is 25.5. The number of benzene rings is 1. The third kappa shape index (κ3) is 2.83. The van der Waals surface area contributed by atoms with E-state index in [0.29, 0.717) is 6.29 Å². The molecule has 2 N–H and O–H groups in total. The monoisotopic (exact) mass is 305 g/mol. The second kappa shape index (κ2) is 6.14. The second-order valence-electron chi connectivity index (χ2n) is 4.26. The first-order valence-electron chi connectivity index (χ1n) is 5.98. The van der Waals surface area contributed by atoms with Crippen LogP contribution in [-0.4, -0.2) is 50.5 Å². The zero-order valence-electron chi connectivity index (χ0n) is 11.4. The fraction of sp³-hybridized carbons (Fsp3) is 0.154. The van der Waals surface area contributed by atoms with Crippen molar-refractivity contribution in [3.05, 3.63) is 40.7 Å². The third-order valence-electron chi connectivity index (χ3n) is 2.84.